The van der Waals surface area contributed by atoms with Crippen molar-refractivity contribution in [3.05, 3.63) is 0 Å². The lowest BCUT2D eigenvalue weighted by Gasteiger charge is -2.26. The van der Waals surface area contributed by atoms with Crippen LogP contribution in [0.5, 0.6) is 0 Å². The highest BCUT2D eigenvalue weighted by Crippen LogP contribution is 2.17. The standard InChI is InChI=1S/C10H20N2O2S/c1-12(7-9-3-2-5-11-9)10-4-6-15(13,14)8-10/h9-11H,2-8H2,1H3/t9-,10?/m1/s1. The van der Waals surface area contributed by atoms with Gasteiger partial charge in [-0.05, 0) is 32.9 Å². The van der Waals surface area contributed by atoms with Crippen molar-refractivity contribution < 1.29 is 8.42 Å². The molecule has 0 saturated carbocycles. The van der Waals surface area contributed by atoms with Gasteiger partial charge in [-0.15, -0.1) is 0 Å². The zero-order valence-electron chi connectivity index (χ0n) is 9.28. The number of hydrogen-bond acceptors (Lipinski definition) is 4. The van der Waals surface area contributed by atoms with E-state index in [0.717, 1.165) is 19.5 Å². The minimum atomic E-state index is -2.74. The van der Waals surface area contributed by atoms with Crippen molar-refractivity contribution in [2.24, 2.45) is 0 Å². The topological polar surface area (TPSA) is 49.4 Å². The highest BCUT2D eigenvalue weighted by Gasteiger charge is 2.31. The van der Waals surface area contributed by atoms with Crippen LogP contribution in [-0.4, -0.2) is 57.0 Å². The number of rotatable bonds is 3. The van der Waals surface area contributed by atoms with Crippen LogP contribution in [0, 0.1) is 0 Å². The molecule has 2 fully saturated rings. The minimum Gasteiger partial charge on any atom is -0.313 e. The molecule has 0 aromatic heterocycles. The smallest absolute Gasteiger partial charge is 0.151 e. The summed E-state index contributed by atoms with van der Waals surface area (Å²) < 4.78 is 22.7. The molecule has 4 nitrogen and oxygen atoms in total. The molecule has 0 bridgehead atoms. The van der Waals surface area contributed by atoms with Gasteiger partial charge in [0.1, 0.15) is 0 Å². The average molecular weight is 232 g/mol. The molecular weight excluding hydrogens is 212 g/mol. The molecule has 2 rings (SSSR count). The fraction of sp³-hybridized carbons (Fsp3) is 1.00. The predicted molar refractivity (Wildman–Crippen MR) is 60.7 cm³/mol. The molecular formula is C10H20N2O2S. The van der Waals surface area contributed by atoms with E-state index in [0.29, 0.717) is 17.5 Å². The van der Waals surface area contributed by atoms with E-state index in [9.17, 15) is 8.42 Å². The molecule has 1 unspecified atom stereocenters. The summed E-state index contributed by atoms with van der Waals surface area (Å²) in [6, 6.07) is 0.815. The maximum absolute atomic E-state index is 11.3. The van der Waals surface area contributed by atoms with Crippen LogP contribution in [0.2, 0.25) is 0 Å². The quantitative estimate of drug-likeness (QED) is 0.736. The van der Waals surface area contributed by atoms with E-state index in [2.05, 4.69) is 10.2 Å². The monoisotopic (exact) mass is 232 g/mol. The van der Waals surface area contributed by atoms with E-state index in [1.165, 1.54) is 12.8 Å². The zero-order chi connectivity index (χ0) is 10.9. The summed E-state index contributed by atoms with van der Waals surface area (Å²) in [5, 5.41) is 3.44. The van der Waals surface area contributed by atoms with E-state index in [4.69, 9.17) is 0 Å². The Morgan fingerprint density at radius 3 is 2.73 bits per heavy atom. The second-order valence-electron chi connectivity index (χ2n) is 4.79. The SMILES string of the molecule is CN(C[C@H]1CCCN1)C1CCS(=O)(=O)C1. The second-order valence-corrected chi connectivity index (χ2v) is 7.02. The fourth-order valence-corrected chi connectivity index (χ4v) is 4.34. The molecule has 0 amide bonds. The minimum absolute atomic E-state index is 0.248. The van der Waals surface area contributed by atoms with Gasteiger partial charge in [0.25, 0.3) is 0 Å². The van der Waals surface area contributed by atoms with Gasteiger partial charge >= 0.3 is 0 Å². The predicted octanol–water partition coefficient (Wildman–Crippen LogP) is -0.143. The number of nitrogens with zero attached hydrogens (tertiary/aromatic N) is 1. The third-order valence-corrected chi connectivity index (χ3v) is 5.25. The number of sulfone groups is 1. The summed E-state index contributed by atoms with van der Waals surface area (Å²) >= 11 is 0. The average Bonchev–Trinajstić information content (AvgIpc) is 2.74. The Bertz CT molecular complexity index is 309. The van der Waals surface area contributed by atoms with Crippen LogP contribution < -0.4 is 5.32 Å². The molecule has 0 radical (unpaired) electrons. The van der Waals surface area contributed by atoms with Gasteiger partial charge in [-0.3, -0.25) is 0 Å². The summed E-state index contributed by atoms with van der Waals surface area (Å²) in [5.41, 5.74) is 0. The lowest BCUT2D eigenvalue weighted by Crippen LogP contribution is -2.41. The molecule has 0 aromatic rings. The third-order valence-electron chi connectivity index (χ3n) is 3.50. The lowest BCUT2D eigenvalue weighted by molar-refractivity contribution is 0.239. The van der Waals surface area contributed by atoms with Crippen LogP contribution in [0.15, 0.2) is 0 Å². The highest BCUT2D eigenvalue weighted by atomic mass is 32.2. The van der Waals surface area contributed by atoms with E-state index in [-0.39, 0.29) is 6.04 Å². The summed E-state index contributed by atoms with van der Waals surface area (Å²) in [4.78, 5) is 2.22. The van der Waals surface area contributed by atoms with E-state index < -0.39 is 9.84 Å². The van der Waals surface area contributed by atoms with Crippen LogP contribution in [-0.2, 0) is 9.84 Å². The maximum Gasteiger partial charge on any atom is 0.151 e. The molecule has 0 spiro atoms. The Labute approximate surface area is 91.9 Å². The van der Waals surface area contributed by atoms with Crippen LogP contribution in [0.4, 0.5) is 0 Å². The van der Waals surface area contributed by atoms with Crippen molar-refractivity contribution in [1.82, 2.24) is 10.2 Å². The van der Waals surface area contributed by atoms with Gasteiger partial charge in [0, 0.05) is 18.6 Å². The number of hydrogen-bond donors (Lipinski definition) is 1. The molecule has 2 heterocycles. The Hall–Kier alpha value is -0.130. The van der Waals surface area contributed by atoms with Crippen LogP contribution in [0.25, 0.3) is 0 Å². The van der Waals surface area contributed by atoms with Gasteiger partial charge in [0.15, 0.2) is 9.84 Å². The molecule has 5 heteroatoms. The Balaban J connectivity index is 1.83. The van der Waals surface area contributed by atoms with Crippen molar-refractivity contribution in [2.75, 3.05) is 31.6 Å². The van der Waals surface area contributed by atoms with Crippen molar-refractivity contribution in [3.8, 4) is 0 Å². The second kappa shape index (κ2) is 4.39. The summed E-state index contributed by atoms with van der Waals surface area (Å²) in [7, 11) is -0.689. The van der Waals surface area contributed by atoms with Crippen LogP contribution in [0.1, 0.15) is 19.3 Å². The normalized spacial score (nSPS) is 35.1. The van der Waals surface area contributed by atoms with Gasteiger partial charge in [0.05, 0.1) is 11.5 Å². The molecule has 0 aromatic carbocycles. The number of nitrogens with one attached hydrogen (secondary N) is 1. The van der Waals surface area contributed by atoms with Crippen molar-refractivity contribution >= 4 is 9.84 Å². The first kappa shape index (κ1) is 11.4. The van der Waals surface area contributed by atoms with Gasteiger partial charge in [0.2, 0.25) is 0 Å². The maximum atomic E-state index is 11.3. The molecule has 2 aliphatic heterocycles. The summed E-state index contributed by atoms with van der Waals surface area (Å²) in [5.74, 6) is 0.732. The highest BCUT2D eigenvalue weighted by molar-refractivity contribution is 7.91. The Kier molecular flexibility index (Phi) is 3.33. The van der Waals surface area contributed by atoms with Crippen molar-refractivity contribution in [3.63, 3.8) is 0 Å². The first-order valence-corrected chi connectivity index (χ1v) is 7.53. The fourth-order valence-electron chi connectivity index (χ4n) is 2.53. The molecule has 88 valence electrons. The van der Waals surface area contributed by atoms with E-state index in [1.807, 2.05) is 7.05 Å². The zero-order valence-corrected chi connectivity index (χ0v) is 10.1. The lowest BCUT2D eigenvalue weighted by atomic mass is 10.2. The Morgan fingerprint density at radius 1 is 1.40 bits per heavy atom. The number of likely N-dealkylation sites (N-methyl/N-ethyl adjacent to an activating group) is 1. The molecule has 2 atom stereocenters. The van der Waals surface area contributed by atoms with E-state index in [1.54, 1.807) is 0 Å². The molecule has 15 heavy (non-hydrogen) atoms. The van der Waals surface area contributed by atoms with Crippen LogP contribution >= 0.6 is 0 Å². The molecule has 2 saturated heterocycles. The van der Waals surface area contributed by atoms with Gasteiger partial charge in [-0.25, -0.2) is 8.42 Å². The van der Waals surface area contributed by atoms with Gasteiger partial charge < -0.3 is 10.2 Å². The molecule has 0 aliphatic carbocycles. The third kappa shape index (κ3) is 2.92. The van der Waals surface area contributed by atoms with Crippen molar-refractivity contribution in [1.29, 1.82) is 0 Å². The van der Waals surface area contributed by atoms with Gasteiger partial charge in [-0.1, -0.05) is 0 Å². The molecule has 2 aliphatic rings. The summed E-state index contributed by atoms with van der Waals surface area (Å²) in [6.45, 7) is 2.10. The van der Waals surface area contributed by atoms with Crippen molar-refractivity contribution in [2.45, 2.75) is 31.3 Å². The summed E-state index contributed by atoms with van der Waals surface area (Å²) in [6.07, 6.45) is 3.29. The van der Waals surface area contributed by atoms with Gasteiger partial charge in [-0.2, -0.15) is 0 Å². The molecule has 1 N–H and O–H groups in total. The first-order chi connectivity index (χ1) is 7.07. The largest absolute Gasteiger partial charge is 0.313 e. The Morgan fingerprint density at radius 2 is 2.20 bits per heavy atom. The van der Waals surface area contributed by atoms with Crippen LogP contribution in [0.3, 0.4) is 0 Å². The van der Waals surface area contributed by atoms with E-state index >= 15 is 0 Å². The first-order valence-electron chi connectivity index (χ1n) is 5.71.